The van der Waals surface area contributed by atoms with Crippen LogP contribution in [0.4, 0.5) is 5.69 Å². The van der Waals surface area contributed by atoms with E-state index in [-0.39, 0.29) is 10.8 Å². The number of benzene rings is 2. The standard InChI is InChI=1S/C20H23NO4S/c1-14(2)26(23,24)17-11-9-16(10-12-17)20(22)21-13-5-7-15-6-4-8-18(25-3)19(15)21/h4,6,8-12,14H,5,7,13H2,1-3H3. The van der Waals surface area contributed by atoms with Crippen molar-refractivity contribution >= 4 is 21.4 Å². The summed E-state index contributed by atoms with van der Waals surface area (Å²) in [6, 6.07) is 12.0. The van der Waals surface area contributed by atoms with Crippen molar-refractivity contribution in [1.29, 1.82) is 0 Å². The van der Waals surface area contributed by atoms with E-state index in [2.05, 4.69) is 0 Å². The number of para-hydroxylation sites is 1. The largest absolute Gasteiger partial charge is 0.495 e. The highest BCUT2D eigenvalue weighted by Crippen LogP contribution is 2.37. The highest BCUT2D eigenvalue weighted by atomic mass is 32.2. The summed E-state index contributed by atoms with van der Waals surface area (Å²) in [5.74, 6) is 0.526. The molecule has 0 spiro atoms. The van der Waals surface area contributed by atoms with Crippen LogP contribution in [-0.4, -0.2) is 33.2 Å². The van der Waals surface area contributed by atoms with Crippen LogP contribution in [0.15, 0.2) is 47.4 Å². The number of methoxy groups -OCH3 is 1. The van der Waals surface area contributed by atoms with E-state index in [0.717, 1.165) is 24.1 Å². The van der Waals surface area contributed by atoms with Crippen LogP contribution in [0.5, 0.6) is 5.75 Å². The molecule has 3 rings (SSSR count). The molecule has 0 saturated carbocycles. The predicted octanol–water partition coefficient (Wildman–Crippen LogP) is 3.47. The van der Waals surface area contributed by atoms with Crippen molar-refractivity contribution in [3.05, 3.63) is 53.6 Å². The molecule has 2 aromatic rings. The molecule has 2 aromatic carbocycles. The second kappa shape index (κ2) is 7.11. The lowest BCUT2D eigenvalue weighted by Crippen LogP contribution is -2.35. The van der Waals surface area contributed by atoms with E-state index in [0.29, 0.717) is 17.9 Å². The van der Waals surface area contributed by atoms with Gasteiger partial charge in [0.25, 0.3) is 5.91 Å². The number of amides is 1. The molecule has 6 heteroatoms. The van der Waals surface area contributed by atoms with E-state index in [1.54, 1.807) is 38.0 Å². The minimum atomic E-state index is -3.35. The summed E-state index contributed by atoms with van der Waals surface area (Å²) in [7, 11) is -1.75. The molecule has 0 bridgehead atoms. The topological polar surface area (TPSA) is 63.7 Å². The zero-order chi connectivity index (χ0) is 18.9. The van der Waals surface area contributed by atoms with Crippen LogP contribution in [0.3, 0.4) is 0 Å². The molecule has 0 radical (unpaired) electrons. The molecule has 26 heavy (non-hydrogen) atoms. The third-order valence-electron chi connectivity index (χ3n) is 4.70. The normalized spacial score (nSPS) is 14.2. The lowest BCUT2D eigenvalue weighted by molar-refractivity contribution is 0.0984. The Hall–Kier alpha value is -2.34. The van der Waals surface area contributed by atoms with Crippen molar-refractivity contribution < 1.29 is 17.9 Å². The van der Waals surface area contributed by atoms with E-state index >= 15 is 0 Å². The molecule has 1 aliphatic heterocycles. The van der Waals surface area contributed by atoms with Gasteiger partial charge in [-0.2, -0.15) is 0 Å². The first kappa shape index (κ1) is 18.5. The summed E-state index contributed by atoms with van der Waals surface area (Å²) >= 11 is 0. The first-order chi connectivity index (χ1) is 12.4. The number of hydrogen-bond donors (Lipinski definition) is 0. The van der Waals surface area contributed by atoms with E-state index in [1.807, 2.05) is 18.2 Å². The van der Waals surface area contributed by atoms with E-state index in [1.165, 1.54) is 12.1 Å². The second-order valence-electron chi connectivity index (χ2n) is 6.65. The molecule has 0 aliphatic carbocycles. The zero-order valence-corrected chi connectivity index (χ0v) is 16.0. The van der Waals surface area contributed by atoms with Crippen molar-refractivity contribution in [2.45, 2.75) is 36.8 Å². The summed E-state index contributed by atoms with van der Waals surface area (Å²) in [6.45, 7) is 3.90. The molecule has 0 aromatic heterocycles. The van der Waals surface area contributed by atoms with Gasteiger partial charge in [-0.3, -0.25) is 4.79 Å². The number of sulfone groups is 1. The number of hydrogen-bond acceptors (Lipinski definition) is 4. The van der Waals surface area contributed by atoms with Gasteiger partial charge in [0.05, 0.1) is 22.9 Å². The molecular weight excluding hydrogens is 350 g/mol. The van der Waals surface area contributed by atoms with Gasteiger partial charge in [0.15, 0.2) is 9.84 Å². The summed E-state index contributed by atoms with van der Waals surface area (Å²) in [5, 5.41) is -0.498. The van der Waals surface area contributed by atoms with Crippen LogP contribution in [0.1, 0.15) is 36.2 Å². The Morgan fingerprint density at radius 1 is 1.12 bits per heavy atom. The van der Waals surface area contributed by atoms with Crippen LogP contribution in [0.2, 0.25) is 0 Å². The molecule has 5 nitrogen and oxygen atoms in total. The smallest absolute Gasteiger partial charge is 0.258 e. The number of fused-ring (bicyclic) bond motifs is 1. The Labute approximate surface area is 154 Å². The average Bonchev–Trinajstić information content (AvgIpc) is 2.66. The summed E-state index contributed by atoms with van der Waals surface area (Å²) in [4.78, 5) is 15.0. The number of rotatable bonds is 4. The maximum absolute atomic E-state index is 13.0. The van der Waals surface area contributed by atoms with Crippen molar-refractivity contribution in [3.8, 4) is 5.75 Å². The van der Waals surface area contributed by atoms with E-state index < -0.39 is 15.1 Å². The molecule has 0 saturated heterocycles. The molecule has 1 amide bonds. The van der Waals surface area contributed by atoms with Crippen LogP contribution in [-0.2, 0) is 16.3 Å². The van der Waals surface area contributed by atoms with Crippen LogP contribution >= 0.6 is 0 Å². The number of nitrogens with zero attached hydrogens (tertiary/aromatic N) is 1. The molecule has 0 atom stereocenters. The Kier molecular flexibility index (Phi) is 5.05. The number of ether oxygens (including phenoxy) is 1. The predicted molar refractivity (Wildman–Crippen MR) is 102 cm³/mol. The van der Waals surface area contributed by atoms with Crippen molar-refractivity contribution in [2.75, 3.05) is 18.6 Å². The monoisotopic (exact) mass is 373 g/mol. The van der Waals surface area contributed by atoms with Crippen LogP contribution in [0.25, 0.3) is 0 Å². The van der Waals surface area contributed by atoms with Gasteiger partial charge >= 0.3 is 0 Å². The summed E-state index contributed by atoms with van der Waals surface area (Å²) in [5.41, 5.74) is 2.36. The zero-order valence-electron chi connectivity index (χ0n) is 15.2. The van der Waals surface area contributed by atoms with Crippen LogP contribution in [0, 0.1) is 0 Å². The fourth-order valence-corrected chi connectivity index (χ4v) is 4.26. The van der Waals surface area contributed by atoms with E-state index in [9.17, 15) is 13.2 Å². The van der Waals surface area contributed by atoms with Gasteiger partial charge in [-0.05, 0) is 62.6 Å². The first-order valence-corrected chi connectivity index (χ1v) is 10.2. The second-order valence-corrected chi connectivity index (χ2v) is 9.15. The van der Waals surface area contributed by atoms with Crippen molar-refractivity contribution in [1.82, 2.24) is 0 Å². The minimum Gasteiger partial charge on any atom is -0.495 e. The lowest BCUT2D eigenvalue weighted by atomic mass is 10.00. The number of anilines is 1. The fraction of sp³-hybridized carbons (Fsp3) is 0.350. The molecule has 1 aliphatic rings. The average molecular weight is 373 g/mol. The highest BCUT2D eigenvalue weighted by Gasteiger charge is 2.27. The Bertz CT molecular complexity index is 903. The maximum Gasteiger partial charge on any atom is 0.258 e. The number of carbonyl (C=O) groups excluding carboxylic acids is 1. The Morgan fingerprint density at radius 2 is 1.81 bits per heavy atom. The van der Waals surface area contributed by atoms with Gasteiger partial charge in [-0.1, -0.05) is 12.1 Å². The molecular formula is C20H23NO4S. The van der Waals surface area contributed by atoms with Gasteiger partial charge in [-0.25, -0.2) is 8.42 Å². The number of aryl methyl sites for hydroxylation is 1. The molecule has 1 heterocycles. The fourth-order valence-electron chi connectivity index (χ4n) is 3.20. The molecule has 0 fully saturated rings. The third-order valence-corrected chi connectivity index (χ3v) is 6.87. The third kappa shape index (κ3) is 3.21. The Balaban J connectivity index is 1.95. The van der Waals surface area contributed by atoms with Gasteiger partial charge in [0.1, 0.15) is 5.75 Å². The minimum absolute atomic E-state index is 0.149. The summed E-state index contributed by atoms with van der Waals surface area (Å²) < 4.78 is 29.9. The van der Waals surface area contributed by atoms with Crippen molar-refractivity contribution in [3.63, 3.8) is 0 Å². The quantitative estimate of drug-likeness (QED) is 0.823. The highest BCUT2D eigenvalue weighted by molar-refractivity contribution is 7.92. The van der Waals surface area contributed by atoms with Crippen molar-refractivity contribution in [2.24, 2.45) is 0 Å². The lowest BCUT2D eigenvalue weighted by Gasteiger charge is -2.31. The van der Waals surface area contributed by atoms with Gasteiger partial charge < -0.3 is 9.64 Å². The molecule has 138 valence electrons. The molecule has 0 unspecified atom stereocenters. The SMILES string of the molecule is COc1cccc2c1N(C(=O)c1ccc(S(=O)(=O)C(C)C)cc1)CCC2. The van der Waals surface area contributed by atoms with Gasteiger partial charge in [0, 0.05) is 12.1 Å². The Morgan fingerprint density at radius 3 is 2.42 bits per heavy atom. The summed E-state index contributed by atoms with van der Waals surface area (Å²) in [6.07, 6.45) is 1.79. The van der Waals surface area contributed by atoms with E-state index in [4.69, 9.17) is 4.74 Å². The van der Waals surface area contributed by atoms with Gasteiger partial charge in [0.2, 0.25) is 0 Å². The maximum atomic E-state index is 13.0. The van der Waals surface area contributed by atoms with Crippen LogP contribution < -0.4 is 9.64 Å². The number of carbonyl (C=O) groups is 1. The molecule has 0 N–H and O–H groups in total. The first-order valence-electron chi connectivity index (χ1n) is 8.68. The van der Waals surface area contributed by atoms with Gasteiger partial charge in [-0.15, -0.1) is 0 Å².